The zero-order chi connectivity index (χ0) is 15.0. The van der Waals surface area contributed by atoms with E-state index in [1.807, 2.05) is 36.4 Å². The van der Waals surface area contributed by atoms with Crippen LogP contribution in [0.4, 0.5) is 11.4 Å². The first kappa shape index (κ1) is 13.5. The van der Waals surface area contributed by atoms with Crippen LogP contribution in [0.3, 0.4) is 0 Å². The summed E-state index contributed by atoms with van der Waals surface area (Å²) < 4.78 is 0. The van der Waals surface area contributed by atoms with E-state index in [9.17, 15) is 0 Å². The number of hydrogen-bond donors (Lipinski definition) is 2. The van der Waals surface area contributed by atoms with Gasteiger partial charge in [-0.05, 0) is 53.3 Å². The van der Waals surface area contributed by atoms with E-state index in [4.69, 9.17) is 11.0 Å². The molecule has 0 bridgehead atoms. The molecule has 1 heterocycles. The summed E-state index contributed by atoms with van der Waals surface area (Å²) >= 11 is 0. The summed E-state index contributed by atoms with van der Waals surface area (Å²) in [4.78, 5) is 0. The van der Waals surface area contributed by atoms with Crippen LogP contribution in [0.1, 0.15) is 36.6 Å². The second-order valence-corrected chi connectivity index (χ2v) is 6.40. The number of hydrogen-bond acceptors (Lipinski definition) is 3. The van der Waals surface area contributed by atoms with E-state index in [1.54, 1.807) is 0 Å². The van der Waals surface area contributed by atoms with Crippen LogP contribution in [-0.4, -0.2) is 0 Å². The summed E-state index contributed by atoms with van der Waals surface area (Å²) in [5, 5.41) is 12.7. The average Bonchev–Trinajstić information content (AvgIpc) is 2.45. The fourth-order valence-electron chi connectivity index (χ4n) is 3.17. The zero-order valence-electron chi connectivity index (χ0n) is 12.4. The smallest absolute Gasteiger partial charge is 0.0991 e. The van der Waals surface area contributed by atoms with E-state index in [0.717, 1.165) is 17.8 Å². The van der Waals surface area contributed by atoms with Gasteiger partial charge >= 0.3 is 0 Å². The number of benzene rings is 2. The number of nitrogens with zero attached hydrogens (tertiary/aromatic N) is 1. The van der Waals surface area contributed by atoms with Crippen molar-refractivity contribution < 1.29 is 0 Å². The van der Waals surface area contributed by atoms with Gasteiger partial charge in [-0.1, -0.05) is 26.0 Å². The molecular weight excluding hydrogens is 258 g/mol. The van der Waals surface area contributed by atoms with Gasteiger partial charge in [-0.2, -0.15) is 5.26 Å². The predicted molar refractivity (Wildman–Crippen MR) is 85.9 cm³/mol. The van der Waals surface area contributed by atoms with Gasteiger partial charge in [0, 0.05) is 11.4 Å². The minimum atomic E-state index is 0.0505. The SMILES string of the molecule is CC1(C)Cc2cc(C#N)ccc2NC1c1cccc(N)c1. The van der Waals surface area contributed by atoms with Gasteiger partial charge < -0.3 is 11.1 Å². The van der Waals surface area contributed by atoms with Gasteiger partial charge in [-0.25, -0.2) is 0 Å². The quantitative estimate of drug-likeness (QED) is 0.778. The van der Waals surface area contributed by atoms with Crippen molar-refractivity contribution in [3.05, 3.63) is 59.2 Å². The van der Waals surface area contributed by atoms with Crippen LogP contribution in [0, 0.1) is 16.7 Å². The largest absolute Gasteiger partial charge is 0.399 e. The number of nitrogens with one attached hydrogen (secondary N) is 1. The molecule has 0 aromatic heterocycles. The molecule has 0 aliphatic carbocycles. The summed E-state index contributed by atoms with van der Waals surface area (Å²) in [5.41, 5.74) is 11.0. The van der Waals surface area contributed by atoms with Gasteiger partial charge in [0.05, 0.1) is 17.7 Å². The highest BCUT2D eigenvalue weighted by atomic mass is 15.0. The highest BCUT2D eigenvalue weighted by Gasteiger charge is 2.35. The van der Waals surface area contributed by atoms with Crippen molar-refractivity contribution in [2.24, 2.45) is 5.41 Å². The molecule has 21 heavy (non-hydrogen) atoms. The Hall–Kier alpha value is -2.47. The van der Waals surface area contributed by atoms with Crippen molar-refractivity contribution in [2.45, 2.75) is 26.3 Å². The molecule has 1 aliphatic heterocycles. The monoisotopic (exact) mass is 277 g/mol. The third-order valence-corrected chi connectivity index (χ3v) is 4.21. The number of anilines is 2. The summed E-state index contributed by atoms with van der Waals surface area (Å²) in [6.07, 6.45) is 0.935. The van der Waals surface area contributed by atoms with Gasteiger partial charge in [-0.15, -0.1) is 0 Å². The van der Waals surface area contributed by atoms with Gasteiger partial charge in [0.25, 0.3) is 0 Å². The lowest BCUT2D eigenvalue weighted by molar-refractivity contribution is 0.295. The number of nitriles is 1. The maximum Gasteiger partial charge on any atom is 0.0991 e. The fourth-order valence-corrected chi connectivity index (χ4v) is 3.17. The highest BCUT2D eigenvalue weighted by molar-refractivity contribution is 5.59. The maximum absolute atomic E-state index is 9.05. The fraction of sp³-hybridized carbons (Fsp3) is 0.278. The number of nitrogen functional groups attached to an aromatic ring is 1. The van der Waals surface area contributed by atoms with Crippen LogP contribution in [0.5, 0.6) is 0 Å². The van der Waals surface area contributed by atoms with E-state index < -0.39 is 0 Å². The van der Waals surface area contributed by atoms with Crippen molar-refractivity contribution in [3.63, 3.8) is 0 Å². The lowest BCUT2D eigenvalue weighted by Crippen LogP contribution is -2.35. The second kappa shape index (κ2) is 4.82. The molecule has 2 aromatic rings. The molecule has 1 unspecified atom stereocenters. The third kappa shape index (κ3) is 2.45. The standard InChI is InChI=1S/C18H19N3/c1-18(2)10-14-8-12(11-19)6-7-16(14)21-17(18)13-4-3-5-15(20)9-13/h3-9,17,21H,10,20H2,1-2H3. The Balaban J connectivity index is 2.03. The van der Waals surface area contributed by atoms with Gasteiger partial charge in [0.15, 0.2) is 0 Å². The number of fused-ring (bicyclic) bond motifs is 1. The Morgan fingerprint density at radius 2 is 2.05 bits per heavy atom. The Labute approximate surface area is 125 Å². The van der Waals surface area contributed by atoms with Crippen LogP contribution in [0.25, 0.3) is 0 Å². The molecule has 1 atom stereocenters. The van der Waals surface area contributed by atoms with Crippen LogP contribution < -0.4 is 11.1 Å². The van der Waals surface area contributed by atoms with Crippen LogP contribution in [0.15, 0.2) is 42.5 Å². The Bertz CT molecular complexity index is 725. The van der Waals surface area contributed by atoms with E-state index >= 15 is 0 Å². The van der Waals surface area contributed by atoms with E-state index in [1.165, 1.54) is 11.1 Å². The molecule has 106 valence electrons. The van der Waals surface area contributed by atoms with Crippen molar-refractivity contribution in [1.29, 1.82) is 5.26 Å². The van der Waals surface area contributed by atoms with E-state index in [0.29, 0.717) is 5.56 Å². The first-order chi connectivity index (χ1) is 9.99. The summed E-state index contributed by atoms with van der Waals surface area (Å²) in [6.45, 7) is 4.49. The molecule has 0 radical (unpaired) electrons. The molecule has 2 aromatic carbocycles. The molecule has 3 heteroatoms. The summed E-state index contributed by atoms with van der Waals surface area (Å²) in [7, 11) is 0. The molecule has 0 saturated heterocycles. The molecule has 0 amide bonds. The number of rotatable bonds is 1. The first-order valence-corrected chi connectivity index (χ1v) is 7.14. The molecule has 3 nitrogen and oxygen atoms in total. The third-order valence-electron chi connectivity index (χ3n) is 4.21. The lowest BCUT2D eigenvalue weighted by atomic mass is 9.72. The van der Waals surface area contributed by atoms with Gasteiger partial charge in [0.2, 0.25) is 0 Å². The van der Waals surface area contributed by atoms with Gasteiger partial charge in [0.1, 0.15) is 0 Å². The lowest BCUT2D eigenvalue weighted by Gasteiger charge is -2.41. The molecule has 3 N–H and O–H groups in total. The minimum absolute atomic E-state index is 0.0505. The van der Waals surface area contributed by atoms with Crippen molar-refractivity contribution in [1.82, 2.24) is 0 Å². The predicted octanol–water partition coefficient (Wildman–Crippen LogP) is 3.88. The van der Waals surface area contributed by atoms with E-state index in [-0.39, 0.29) is 11.5 Å². The average molecular weight is 277 g/mol. The summed E-state index contributed by atoms with van der Waals surface area (Å²) in [6, 6.07) is 16.3. The van der Waals surface area contributed by atoms with Crippen molar-refractivity contribution in [2.75, 3.05) is 11.1 Å². The Morgan fingerprint density at radius 3 is 2.76 bits per heavy atom. The zero-order valence-corrected chi connectivity index (χ0v) is 12.4. The van der Waals surface area contributed by atoms with Crippen LogP contribution >= 0.6 is 0 Å². The van der Waals surface area contributed by atoms with Crippen LogP contribution in [-0.2, 0) is 6.42 Å². The molecular formula is C18H19N3. The molecule has 0 fully saturated rings. The Morgan fingerprint density at radius 1 is 1.24 bits per heavy atom. The molecule has 1 aliphatic rings. The van der Waals surface area contributed by atoms with Crippen LogP contribution in [0.2, 0.25) is 0 Å². The Kier molecular flexibility index (Phi) is 3.10. The van der Waals surface area contributed by atoms with Crippen molar-refractivity contribution >= 4 is 11.4 Å². The highest BCUT2D eigenvalue weighted by Crippen LogP contribution is 2.45. The normalized spacial score (nSPS) is 19.2. The van der Waals surface area contributed by atoms with E-state index in [2.05, 4.69) is 31.3 Å². The molecule has 0 saturated carbocycles. The number of nitrogens with two attached hydrogens (primary N) is 1. The molecule has 0 spiro atoms. The topological polar surface area (TPSA) is 61.8 Å². The molecule has 3 rings (SSSR count). The minimum Gasteiger partial charge on any atom is -0.399 e. The van der Waals surface area contributed by atoms with Crippen molar-refractivity contribution in [3.8, 4) is 6.07 Å². The van der Waals surface area contributed by atoms with Gasteiger partial charge in [-0.3, -0.25) is 0 Å². The maximum atomic E-state index is 9.05. The first-order valence-electron chi connectivity index (χ1n) is 7.14. The second-order valence-electron chi connectivity index (χ2n) is 6.40. The summed E-state index contributed by atoms with van der Waals surface area (Å²) in [5.74, 6) is 0.